The lowest BCUT2D eigenvalue weighted by atomic mass is 10.3. The van der Waals surface area contributed by atoms with Gasteiger partial charge in [-0.2, -0.15) is 0 Å². The molecular weight excluding hydrogens is 315 g/mol. The maximum absolute atomic E-state index is 12.2. The van der Waals surface area contributed by atoms with Gasteiger partial charge in [0.15, 0.2) is 5.75 Å². The SMILES string of the molecule is Cl.NCC(=O)NCC(=O)Nc1ccccc1OC(F)(F)F. The lowest BCUT2D eigenvalue weighted by Crippen LogP contribution is -2.36. The Morgan fingerprint density at radius 2 is 1.81 bits per heavy atom. The number of ether oxygens (including phenoxy) is 1. The van der Waals surface area contributed by atoms with Crippen molar-refractivity contribution in [3.05, 3.63) is 24.3 Å². The summed E-state index contributed by atoms with van der Waals surface area (Å²) >= 11 is 0. The Kier molecular flexibility index (Phi) is 7.53. The summed E-state index contributed by atoms with van der Waals surface area (Å²) < 4.78 is 40.2. The molecule has 0 aromatic heterocycles. The molecule has 2 amide bonds. The van der Waals surface area contributed by atoms with E-state index in [2.05, 4.69) is 15.4 Å². The maximum atomic E-state index is 12.2. The van der Waals surface area contributed by atoms with Gasteiger partial charge in [-0.25, -0.2) is 0 Å². The third-order valence-corrected chi connectivity index (χ3v) is 2.02. The molecule has 0 bridgehead atoms. The highest BCUT2D eigenvalue weighted by Crippen LogP contribution is 2.29. The lowest BCUT2D eigenvalue weighted by Gasteiger charge is -2.13. The number of rotatable bonds is 5. The van der Waals surface area contributed by atoms with Gasteiger partial charge in [0.25, 0.3) is 0 Å². The van der Waals surface area contributed by atoms with Crippen LogP contribution < -0.4 is 21.1 Å². The van der Waals surface area contributed by atoms with E-state index < -0.39 is 30.5 Å². The topological polar surface area (TPSA) is 93.5 Å². The number of hydrogen-bond donors (Lipinski definition) is 3. The Morgan fingerprint density at radius 1 is 1.19 bits per heavy atom. The summed E-state index contributed by atoms with van der Waals surface area (Å²) in [6, 6.07) is 5.05. The van der Waals surface area contributed by atoms with Gasteiger partial charge in [-0.1, -0.05) is 12.1 Å². The normalized spacial score (nSPS) is 10.3. The first-order valence-corrected chi connectivity index (χ1v) is 5.43. The first kappa shape index (κ1) is 19.0. The van der Waals surface area contributed by atoms with Gasteiger partial charge in [0.1, 0.15) is 0 Å². The number of nitrogens with one attached hydrogen (secondary N) is 2. The van der Waals surface area contributed by atoms with Crippen LogP contribution in [-0.4, -0.2) is 31.3 Å². The van der Waals surface area contributed by atoms with Crippen LogP contribution in [-0.2, 0) is 9.59 Å². The highest BCUT2D eigenvalue weighted by Gasteiger charge is 2.32. The molecule has 0 unspecified atom stereocenters. The van der Waals surface area contributed by atoms with Gasteiger partial charge in [0.05, 0.1) is 18.8 Å². The predicted molar refractivity (Wildman–Crippen MR) is 71.1 cm³/mol. The number of benzene rings is 1. The standard InChI is InChI=1S/C11H12F3N3O3.ClH/c12-11(13,14)20-8-4-2-1-3-7(8)17-10(19)6-16-9(18)5-15;/h1-4H,5-6,15H2,(H,16,18)(H,17,19);1H. The Bertz CT molecular complexity index is 497. The summed E-state index contributed by atoms with van der Waals surface area (Å²) in [6.45, 7) is -0.697. The Balaban J connectivity index is 0.00000400. The largest absolute Gasteiger partial charge is 0.573 e. The third-order valence-electron chi connectivity index (χ3n) is 2.02. The van der Waals surface area contributed by atoms with Crippen LogP contribution in [0.5, 0.6) is 5.75 Å². The van der Waals surface area contributed by atoms with E-state index in [9.17, 15) is 22.8 Å². The van der Waals surface area contributed by atoms with E-state index >= 15 is 0 Å². The highest BCUT2D eigenvalue weighted by atomic mass is 35.5. The van der Waals surface area contributed by atoms with Crippen LogP contribution >= 0.6 is 12.4 Å². The van der Waals surface area contributed by atoms with Crippen LogP contribution in [0.2, 0.25) is 0 Å². The van der Waals surface area contributed by atoms with Gasteiger partial charge in [-0.3, -0.25) is 9.59 Å². The van der Waals surface area contributed by atoms with Crippen molar-refractivity contribution in [1.82, 2.24) is 5.32 Å². The molecular formula is C11H13ClF3N3O3. The molecule has 0 saturated carbocycles. The van der Waals surface area contributed by atoms with Crippen molar-refractivity contribution < 1.29 is 27.5 Å². The van der Waals surface area contributed by atoms with E-state index in [-0.39, 0.29) is 24.6 Å². The zero-order chi connectivity index (χ0) is 15.2. The molecule has 0 heterocycles. The molecule has 1 rings (SSSR count). The summed E-state index contributed by atoms with van der Waals surface area (Å²) in [7, 11) is 0. The molecule has 4 N–H and O–H groups in total. The molecule has 0 fully saturated rings. The second-order valence-corrected chi connectivity index (χ2v) is 3.57. The molecule has 0 aliphatic rings. The zero-order valence-corrected chi connectivity index (χ0v) is 11.4. The molecule has 0 saturated heterocycles. The van der Waals surface area contributed by atoms with Gasteiger partial charge in [-0.15, -0.1) is 25.6 Å². The number of alkyl halides is 3. The van der Waals surface area contributed by atoms with Crippen molar-refractivity contribution in [3.8, 4) is 5.75 Å². The molecule has 10 heteroatoms. The van der Waals surface area contributed by atoms with Crippen LogP contribution in [0.3, 0.4) is 0 Å². The van der Waals surface area contributed by atoms with E-state index in [4.69, 9.17) is 5.73 Å². The van der Waals surface area contributed by atoms with Crippen molar-refractivity contribution in [2.24, 2.45) is 5.73 Å². The minimum Gasteiger partial charge on any atom is -0.404 e. The smallest absolute Gasteiger partial charge is 0.404 e. The number of anilines is 1. The number of nitrogens with two attached hydrogens (primary N) is 1. The van der Waals surface area contributed by atoms with Crippen LogP contribution in [0, 0.1) is 0 Å². The van der Waals surface area contributed by atoms with E-state index in [1.807, 2.05) is 0 Å². The number of amides is 2. The van der Waals surface area contributed by atoms with Gasteiger partial charge in [0.2, 0.25) is 11.8 Å². The zero-order valence-electron chi connectivity index (χ0n) is 10.6. The monoisotopic (exact) mass is 327 g/mol. The molecule has 6 nitrogen and oxygen atoms in total. The van der Waals surface area contributed by atoms with Crippen molar-refractivity contribution in [1.29, 1.82) is 0 Å². The highest BCUT2D eigenvalue weighted by molar-refractivity contribution is 5.95. The van der Waals surface area contributed by atoms with Gasteiger partial charge in [0, 0.05) is 0 Å². The summed E-state index contributed by atoms with van der Waals surface area (Å²) in [6.07, 6.45) is -4.87. The average molecular weight is 328 g/mol. The summed E-state index contributed by atoms with van der Waals surface area (Å²) in [5, 5.41) is 4.37. The summed E-state index contributed by atoms with van der Waals surface area (Å²) in [5.74, 6) is -1.80. The fourth-order valence-corrected chi connectivity index (χ4v) is 1.23. The third kappa shape index (κ3) is 7.37. The van der Waals surface area contributed by atoms with E-state index in [0.717, 1.165) is 6.07 Å². The maximum Gasteiger partial charge on any atom is 0.573 e. The quantitative estimate of drug-likeness (QED) is 0.752. The Hall–Kier alpha value is -2.00. The van der Waals surface area contributed by atoms with Crippen LogP contribution in [0.25, 0.3) is 0 Å². The molecule has 21 heavy (non-hydrogen) atoms. The molecule has 118 valence electrons. The fraction of sp³-hybridized carbons (Fsp3) is 0.273. The molecule has 1 aromatic carbocycles. The van der Waals surface area contributed by atoms with Crippen molar-refractivity contribution in [3.63, 3.8) is 0 Å². The van der Waals surface area contributed by atoms with Gasteiger partial charge >= 0.3 is 6.36 Å². The van der Waals surface area contributed by atoms with Crippen molar-refractivity contribution >= 4 is 29.9 Å². The summed E-state index contributed by atoms with van der Waals surface area (Å²) in [5.41, 5.74) is 4.86. The summed E-state index contributed by atoms with van der Waals surface area (Å²) in [4.78, 5) is 22.3. The van der Waals surface area contributed by atoms with E-state index in [0.29, 0.717) is 0 Å². The Labute approximate surface area is 124 Å². The minimum atomic E-state index is -4.87. The van der Waals surface area contributed by atoms with Crippen LogP contribution in [0.15, 0.2) is 24.3 Å². The Morgan fingerprint density at radius 3 is 2.38 bits per heavy atom. The lowest BCUT2D eigenvalue weighted by molar-refractivity contribution is -0.274. The van der Waals surface area contributed by atoms with Crippen LogP contribution in [0.1, 0.15) is 0 Å². The minimum absolute atomic E-state index is 0. The number of halogens is 4. The first-order chi connectivity index (χ1) is 9.31. The molecule has 0 aliphatic carbocycles. The fourth-order valence-electron chi connectivity index (χ4n) is 1.23. The van der Waals surface area contributed by atoms with Crippen molar-refractivity contribution in [2.45, 2.75) is 6.36 Å². The second kappa shape index (κ2) is 8.32. The average Bonchev–Trinajstić information content (AvgIpc) is 2.36. The van der Waals surface area contributed by atoms with E-state index in [1.165, 1.54) is 18.2 Å². The number of carbonyl (C=O) groups excluding carboxylic acids is 2. The number of para-hydroxylation sites is 2. The van der Waals surface area contributed by atoms with Gasteiger partial charge < -0.3 is 21.1 Å². The molecule has 0 radical (unpaired) electrons. The predicted octanol–water partition coefficient (Wildman–Crippen LogP) is 1.02. The molecule has 0 aliphatic heterocycles. The van der Waals surface area contributed by atoms with Crippen LogP contribution in [0.4, 0.5) is 18.9 Å². The van der Waals surface area contributed by atoms with Gasteiger partial charge in [-0.05, 0) is 12.1 Å². The number of carbonyl (C=O) groups is 2. The second-order valence-electron chi connectivity index (χ2n) is 3.57. The molecule has 0 atom stereocenters. The number of hydrogen-bond acceptors (Lipinski definition) is 4. The molecule has 1 aromatic rings. The molecule has 0 spiro atoms. The first-order valence-electron chi connectivity index (χ1n) is 5.43. The van der Waals surface area contributed by atoms with Crippen molar-refractivity contribution in [2.75, 3.05) is 18.4 Å². The van der Waals surface area contributed by atoms with E-state index in [1.54, 1.807) is 0 Å².